The molecular weight excluding hydrogens is 330 g/mol. The van der Waals surface area contributed by atoms with Crippen molar-refractivity contribution < 1.29 is 13.6 Å². The lowest BCUT2D eigenvalue weighted by atomic mass is 10.2. The van der Waals surface area contributed by atoms with Crippen LogP contribution >= 0.6 is 11.8 Å². The number of likely N-dealkylation sites (N-methyl/N-ethyl adjacent to an activating group) is 1. The fourth-order valence-corrected chi connectivity index (χ4v) is 2.74. The monoisotopic (exact) mass is 350 g/mol. The van der Waals surface area contributed by atoms with Gasteiger partial charge in [-0.3, -0.25) is 9.69 Å². The Morgan fingerprint density at radius 3 is 2.38 bits per heavy atom. The summed E-state index contributed by atoms with van der Waals surface area (Å²) in [6.45, 7) is 3.74. The minimum absolute atomic E-state index is 0.123. The molecule has 0 aromatic heterocycles. The van der Waals surface area contributed by atoms with Gasteiger partial charge < -0.3 is 5.32 Å². The molecule has 2 aromatic rings. The average Bonchev–Trinajstić information content (AvgIpc) is 2.56. The van der Waals surface area contributed by atoms with Crippen molar-refractivity contribution in [3.05, 3.63) is 60.2 Å². The smallest absolute Gasteiger partial charge is 0.288 e. The van der Waals surface area contributed by atoms with Gasteiger partial charge in [-0.05, 0) is 36.4 Å². The molecule has 0 fully saturated rings. The Bertz CT molecular complexity index is 635. The van der Waals surface area contributed by atoms with Gasteiger partial charge in [-0.2, -0.15) is 8.78 Å². The number of rotatable bonds is 8. The lowest BCUT2D eigenvalue weighted by Crippen LogP contribution is -2.32. The molecule has 1 amide bonds. The Morgan fingerprint density at radius 1 is 1.12 bits per heavy atom. The Hall–Kier alpha value is -1.92. The normalized spacial score (nSPS) is 11.0. The molecule has 0 saturated carbocycles. The van der Waals surface area contributed by atoms with Gasteiger partial charge in [-0.25, -0.2) is 0 Å². The third-order valence-corrected chi connectivity index (χ3v) is 4.15. The summed E-state index contributed by atoms with van der Waals surface area (Å²) in [5, 5.41) is 2.80. The molecule has 0 spiro atoms. The minimum Gasteiger partial charge on any atom is -0.325 e. The number of carbonyl (C=O) groups excluding carboxylic acids is 1. The van der Waals surface area contributed by atoms with E-state index in [4.69, 9.17) is 0 Å². The van der Waals surface area contributed by atoms with E-state index in [1.807, 2.05) is 42.2 Å². The molecule has 0 aliphatic carbocycles. The zero-order valence-electron chi connectivity index (χ0n) is 13.4. The van der Waals surface area contributed by atoms with Gasteiger partial charge in [-0.15, -0.1) is 0 Å². The maximum absolute atomic E-state index is 12.3. The molecule has 2 rings (SSSR count). The second kappa shape index (κ2) is 9.39. The highest BCUT2D eigenvalue weighted by atomic mass is 32.2. The van der Waals surface area contributed by atoms with E-state index in [1.54, 1.807) is 24.3 Å². The van der Waals surface area contributed by atoms with Crippen LogP contribution in [0.25, 0.3) is 0 Å². The van der Waals surface area contributed by atoms with Crippen LogP contribution in [-0.4, -0.2) is 29.7 Å². The summed E-state index contributed by atoms with van der Waals surface area (Å²) in [4.78, 5) is 14.7. The van der Waals surface area contributed by atoms with Crippen molar-refractivity contribution in [1.82, 2.24) is 4.90 Å². The number of nitrogens with one attached hydrogen (secondary N) is 1. The number of amides is 1. The largest absolute Gasteiger partial charge is 0.325 e. The summed E-state index contributed by atoms with van der Waals surface area (Å²) in [5.74, 6) is -2.57. The van der Waals surface area contributed by atoms with E-state index < -0.39 is 5.76 Å². The first kappa shape index (κ1) is 18.4. The van der Waals surface area contributed by atoms with Crippen molar-refractivity contribution in [2.24, 2.45) is 0 Å². The van der Waals surface area contributed by atoms with Gasteiger partial charge in [0.1, 0.15) is 0 Å². The standard InChI is InChI=1S/C18H20F2N2OS/c1-2-22(12-14-6-4-3-5-7-14)13-17(23)21-15-8-10-16(11-9-15)24-18(19)20/h3-11,18H,2,12-13H2,1H3,(H,21,23). The van der Waals surface area contributed by atoms with E-state index in [-0.39, 0.29) is 12.5 Å². The van der Waals surface area contributed by atoms with Gasteiger partial charge in [0.25, 0.3) is 5.76 Å². The fraction of sp³-hybridized carbons (Fsp3) is 0.278. The minimum atomic E-state index is -2.44. The predicted molar refractivity (Wildman–Crippen MR) is 94.3 cm³/mol. The lowest BCUT2D eigenvalue weighted by Gasteiger charge is -2.20. The number of thioether (sulfide) groups is 1. The third-order valence-electron chi connectivity index (χ3n) is 3.43. The molecular formula is C18H20F2N2OS. The third kappa shape index (κ3) is 6.29. The Labute approximate surface area is 145 Å². The van der Waals surface area contributed by atoms with Crippen molar-refractivity contribution in [2.45, 2.75) is 24.1 Å². The SMILES string of the molecule is CCN(CC(=O)Nc1ccc(SC(F)F)cc1)Cc1ccccc1. The van der Waals surface area contributed by atoms with Gasteiger partial charge in [0.05, 0.1) is 6.54 Å². The molecule has 0 aliphatic rings. The number of halogens is 2. The van der Waals surface area contributed by atoms with E-state index in [0.717, 1.165) is 12.1 Å². The maximum Gasteiger partial charge on any atom is 0.288 e. The zero-order valence-corrected chi connectivity index (χ0v) is 14.2. The number of hydrogen-bond donors (Lipinski definition) is 1. The first-order valence-electron chi connectivity index (χ1n) is 7.68. The van der Waals surface area contributed by atoms with Gasteiger partial charge >= 0.3 is 0 Å². The van der Waals surface area contributed by atoms with Crippen LogP contribution in [0.5, 0.6) is 0 Å². The molecule has 1 N–H and O–H groups in total. The van der Waals surface area contributed by atoms with Crippen molar-refractivity contribution >= 4 is 23.4 Å². The van der Waals surface area contributed by atoms with E-state index in [0.29, 0.717) is 28.9 Å². The van der Waals surface area contributed by atoms with E-state index in [2.05, 4.69) is 5.32 Å². The fourth-order valence-electron chi connectivity index (χ4n) is 2.24. The molecule has 2 aromatic carbocycles. The zero-order chi connectivity index (χ0) is 17.4. The Morgan fingerprint density at radius 2 is 1.79 bits per heavy atom. The van der Waals surface area contributed by atoms with Crippen LogP contribution in [-0.2, 0) is 11.3 Å². The van der Waals surface area contributed by atoms with E-state index >= 15 is 0 Å². The van der Waals surface area contributed by atoms with Crippen LogP contribution < -0.4 is 5.32 Å². The predicted octanol–water partition coefficient (Wildman–Crippen LogP) is 4.46. The summed E-state index contributed by atoms with van der Waals surface area (Å²) in [7, 11) is 0. The molecule has 0 aliphatic heterocycles. The number of benzene rings is 2. The Balaban J connectivity index is 1.87. The van der Waals surface area contributed by atoms with Crippen LogP contribution in [0.2, 0.25) is 0 Å². The number of nitrogens with zero attached hydrogens (tertiary/aromatic N) is 1. The van der Waals surface area contributed by atoms with Crippen LogP contribution in [0.15, 0.2) is 59.5 Å². The topological polar surface area (TPSA) is 32.3 Å². The summed E-state index contributed by atoms with van der Waals surface area (Å²) in [6.07, 6.45) is 0. The van der Waals surface area contributed by atoms with Crippen molar-refractivity contribution in [1.29, 1.82) is 0 Å². The molecule has 24 heavy (non-hydrogen) atoms. The number of alkyl halides is 2. The molecule has 0 heterocycles. The molecule has 3 nitrogen and oxygen atoms in total. The highest BCUT2D eigenvalue weighted by Gasteiger charge is 2.10. The summed E-state index contributed by atoms with van der Waals surface area (Å²) < 4.78 is 24.6. The average molecular weight is 350 g/mol. The molecule has 0 radical (unpaired) electrons. The highest BCUT2D eigenvalue weighted by molar-refractivity contribution is 7.99. The van der Waals surface area contributed by atoms with Gasteiger partial charge in [0, 0.05) is 17.1 Å². The van der Waals surface area contributed by atoms with Crippen LogP contribution in [0, 0.1) is 0 Å². The number of carbonyl (C=O) groups is 1. The van der Waals surface area contributed by atoms with Crippen LogP contribution in [0.4, 0.5) is 14.5 Å². The number of anilines is 1. The molecule has 0 bridgehead atoms. The van der Waals surface area contributed by atoms with Crippen LogP contribution in [0.3, 0.4) is 0 Å². The van der Waals surface area contributed by atoms with Crippen molar-refractivity contribution in [3.63, 3.8) is 0 Å². The second-order valence-electron chi connectivity index (χ2n) is 5.24. The van der Waals surface area contributed by atoms with Gasteiger partial charge in [-0.1, -0.05) is 49.0 Å². The van der Waals surface area contributed by atoms with Gasteiger partial charge in [0.2, 0.25) is 5.91 Å². The van der Waals surface area contributed by atoms with Crippen LogP contribution in [0.1, 0.15) is 12.5 Å². The van der Waals surface area contributed by atoms with Crippen molar-refractivity contribution in [3.8, 4) is 0 Å². The quantitative estimate of drug-likeness (QED) is 0.713. The Kier molecular flexibility index (Phi) is 7.21. The summed E-state index contributed by atoms with van der Waals surface area (Å²) in [6, 6.07) is 16.4. The van der Waals surface area contributed by atoms with E-state index in [1.165, 1.54) is 0 Å². The summed E-state index contributed by atoms with van der Waals surface area (Å²) in [5.41, 5.74) is 1.76. The van der Waals surface area contributed by atoms with E-state index in [9.17, 15) is 13.6 Å². The number of hydrogen-bond acceptors (Lipinski definition) is 3. The molecule has 128 valence electrons. The second-order valence-corrected chi connectivity index (χ2v) is 6.30. The molecule has 0 atom stereocenters. The molecule has 0 saturated heterocycles. The maximum atomic E-state index is 12.3. The highest BCUT2D eigenvalue weighted by Crippen LogP contribution is 2.26. The molecule has 6 heteroatoms. The van der Waals surface area contributed by atoms with Crippen molar-refractivity contribution in [2.75, 3.05) is 18.4 Å². The summed E-state index contributed by atoms with van der Waals surface area (Å²) >= 11 is 0.487. The molecule has 0 unspecified atom stereocenters. The van der Waals surface area contributed by atoms with Gasteiger partial charge in [0.15, 0.2) is 0 Å². The first-order valence-corrected chi connectivity index (χ1v) is 8.55. The lowest BCUT2D eigenvalue weighted by molar-refractivity contribution is -0.117. The first-order chi connectivity index (χ1) is 11.6.